The zero-order valence-electron chi connectivity index (χ0n) is 7.48. The molecule has 1 unspecified atom stereocenters. The second-order valence-corrected chi connectivity index (χ2v) is 2.83. The van der Waals surface area contributed by atoms with Gasteiger partial charge in [0.2, 0.25) is 5.82 Å². The molecule has 0 aliphatic carbocycles. The van der Waals surface area contributed by atoms with Gasteiger partial charge in [0.25, 0.3) is 0 Å². The summed E-state index contributed by atoms with van der Waals surface area (Å²) in [6, 6.07) is -0.178. The minimum atomic E-state index is -1.13. The van der Waals surface area contributed by atoms with E-state index in [9.17, 15) is 4.79 Å². The van der Waals surface area contributed by atoms with E-state index in [1.807, 2.05) is 0 Å². The molecule has 13 heavy (non-hydrogen) atoms. The zero-order valence-corrected chi connectivity index (χ0v) is 7.48. The van der Waals surface area contributed by atoms with E-state index in [0.29, 0.717) is 5.69 Å². The number of hydrogen-bond acceptors (Lipinski definition) is 4. The van der Waals surface area contributed by atoms with Crippen molar-refractivity contribution in [2.24, 2.45) is 5.73 Å². The lowest BCUT2D eigenvalue weighted by molar-refractivity contribution is 0.0683. The third kappa shape index (κ3) is 2.00. The lowest BCUT2D eigenvalue weighted by atomic mass is 10.1. The van der Waals surface area contributed by atoms with Crippen LogP contribution in [0.1, 0.15) is 34.8 Å². The third-order valence-corrected chi connectivity index (χ3v) is 1.70. The summed E-state index contributed by atoms with van der Waals surface area (Å²) >= 11 is 0. The number of carboxylic acids is 1. The van der Waals surface area contributed by atoms with Gasteiger partial charge >= 0.3 is 5.97 Å². The molecule has 0 fully saturated rings. The number of carbonyl (C=O) groups is 1. The maximum atomic E-state index is 10.5. The van der Waals surface area contributed by atoms with Crippen LogP contribution in [0.3, 0.4) is 0 Å². The van der Waals surface area contributed by atoms with Gasteiger partial charge in [-0.3, -0.25) is 0 Å². The fourth-order valence-corrected chi connectivity index (χ4v) is 1.03. The Morgan fingerprint density at radius 1 is 1.69 bits per heavy atom. The first-order valence-electron chi connectivity index (χ1n) is 3.84. The van der Waals surface area contributed by atoms with Crippen LogP contribution in [-0.2, 0) is 0 Å². The van der Waals surface area contributed by atoms with Gasteiger partial charge in [-0.1, -0.05) is 0 Å². The van der Waals surface area contributed by atoms with Crippen molar-refractivity contribution in [3.63, 3.8) is 0 Å². The van der Waals surface area contributed by atoms with E-state index in [-0.39, 0.29) is 11.9 Å². The molecule has 0 amide bonds. The van der Waals surface area contributed by atoms with E-state index < -0.39 is 5.97 Å². The van der Waals surface area contributed by atoms with Gasteiger partial charge in [0, 0.05) is 23.5 Å². The molecule has 1 aromatic rings. The maximum Gasteiger partial charge on any atom is 0.373 e. The van der Waals surface area contributed by atoms with Gasteiger partial charge < -0.3 is 10.8 Å². The van der Waals surface area contributed by atoms with E-state index >= 15 is 0 Å². The molecule has 1 rings (SSSR count). The lowest BCUT2D eigenvalue weighted by Gasteiger charge is -2.07. The predicted octanol–water partition coefficient (Wildman–Crippen LogP) is 0.503. The molecule has 0 bridgehead atoms. The van der Waals surface area contributed by atoms with E-state index in [2.05, 4.69) is 9.97 Å². The second-order valence-electron chi connectivity index (χ2n) is 2.83. The Hall–Kier alpha value is -1.49. The molecular formula is C8H11N3O2. The molecule has 5 nitrogen and oxygen atoms in total. The first-order chi connectivity index (χ1) is 6.02. The number of carboxylic acid groups (broad SMARTS) is 1. The summed E-state index contributed by atoms with van der Waals surface area (Å²) in [7, 11) is 0. The largest absolute Gasteiger partial charge is 0.475 e. The van der Waals surface area contributed by atoms with Gasteiger partial charge in [-0.05, 0) is 13.8 Å². The lowest BCUT2D eigenvalue weighted by Crippen LogP contribution is -2.12. The van der Waals surface area contributed by atoms with Crippen LogP contribution >= 0.6 is 0 Å². The monoisotopic (exact) mass is 181 g/mol. The SMILES string of the molecule is Cc1nc(C(=O)O)ncc1C(C)N. The summed E-state index contributed by atoms with van der Waals surface area (Å²) in [4.78, 5) is 18.0. The molecule has 0 saturated heterocycles. The first kappa shape index (κ1) is 9.60. The molecule has 70 valence electrons. The summed E-state index contributed by atoms with van der Waals surface area (Å²) in [5, 5.41) is 8.58. The fourth-order valence-electron chi connectivity index (χ4n) is 1.03. The fraction of sp³-hybridized carbons (Fsp3) is 0.375. The Labute approximate surface area is 75.6 Å². The van der Waals surface area contributed by atoms with Crippen molar-refractivity contribution < 1.29 is 9.90 Å². The minimum absolute atomic E-state index is 0.178. The Kier molecular flexibility index (Phi) is 2.57. The highest BCUT2D eigenvalue weighted by atomic mass is 16.4. The van der Waals surface area contributed by atoms with Gasteiger partial charge in [-0.2, -0.15) is 0 Å². The molecule has 5 heteroatoms. The van der Waals surface area contributed by atoms with Crippen LogP contribution in [0, 0.1) is 6.92 Å². The molecule has 1 aromatic heterocycles. The smallest absolute Gasteiger partial charge is 0.373 e. The van der Waals surface area contributed by atoms with Crippen LogP contribution in [0.4, 0.5) is 0 Å². The number of nitrogens with zero attached hydrogens (tertiary/aromatic N) is 2. The van der Waals surface area contributed by atoms with Gasteiger partial charge in [-0.15, -0.1) is 0 Å². The highest BCUT2D eigenvalue weighted by Crippen LogP contribution is 2.11. The molecule has 0 radical (unpaired) electrons. The van der Waals surface area contributed by atoms with Gasteiger partial charge in [0.05, 0.1) is 0 Å². The van der Waals surface area contributed by atoms with E-state index in [1.54, 1.807) is 13.8 Å². The molecule has 1 heterocycles. The number of aromatic nitrogens is 2. The molecule has 0 aliphatic rings. The van der Waals surface area contributed by atoms with Gasteiger partial charge in [-0.25, -0.2) is 14.8 Å². The number of aryl methyl sites for hydroxylation is 1. The predicted molar refractivity (Wildman–Crippen MR) is 46.3 cm³/mol. The first-order valence-corrected chi connectivity index (χ1v) is 3.84. The van der Waals surface area contributed by atoms with Crippen molar-refractivity contribution in [3.8, 4) is 0 Å². The van der Waals surface area contributed by atoms with Crippen LogP contribution in [0.15, 0.2) is 6.20 Å². The van der Waals surface area contributed by atoms with Crippen molar-refractivity contribution >= 4 is 5.97 Å². The molecule has 0 saturated carbocycles. The van der Waals surface area contributed by atoms with E-state index in [4.69, 9.17) is 10.8 Å². The van der Waals surface area contributed by atoms with Gasteiger partial charge in [0.1, 0.15) is 0 Å². The third-order valence-electron chi connectivity index (χ3n) is 1.70. The second kappa shape index (κ2) is 3.49. The molecule has 1 atom stereocenters. The van der Waals surface area contributed by atoms with Crippen molar-refractivity contribution in [2.45, 2.75) is 19.9 Å². The highest BCUT2D eigenvalue weighted by Gasteiger charge is 2.10. The minimum Gasteiger partial charge on any atom is -0.475 e. The summed E-state index contributed by atoms with van der Waals surface area (Å²) in [6.45, 7) is 3.51. The van der Waals surface area contributed by atoms with Crippen LogP contribution in [-0.4, -0.2) is 21.0 Å². The Morgan fingerprint density at radius 3 is 2.69 bits per heavy atom. The van der Waals surface area contributed by atoms with E-state index in [1.165, 1.54) is 6.20 Å². The molecular weight excluding hydrogens is 170 g/mol. The maximum absolute atomic E-state index is 10.5. The summed E-state index contributed by atoms with van der Waals surface area (Å²) in [6.07, 6.45) is 1.45. The molecule has 3 N–H and O–H groups in total. The number of aromatic carboxylic acids is 1. The summed E-state index contributed by atoms with van der Waals surface area (Å²) in [5.74, 6) is -1.32. The van der Waals surface area contributed by atoms with Gasteiger partial charge in [0.15, 0.2) is 0 Å². The molecule has 0 aliphatic heterocycles. The molecule has 0 aromatic carbocycles. The topological polar surface area (TPSA) is 89.1 Å². The van der Waals surface area contributed by atoms with Crippen molar-refractivity contribution in [1.82, 2.24) is 9.97 Å². The Bertz CT molecular complexity index is 336. The van der Waals surface area contributed by atoms with Crippen LogP contribution in [0.5, 0.6) is 0 Å². The Morgan fingerprint density at radius 2 is 2.31 bits per heavy atom. The normalized spacial score (nSPS) is 12.5. The van der Waals surface area contributed by atoms with Crippen molar-refractivity contribution in [1.29, 1.82) is 0 Å². The number of rotatable bonds is 2. The van der Waals surface area contributed by atoms with Crippen molar-refractivity contribution in [3.05, 3.63) is 23.3 Å². The summed E-state index contributed by atoms with van der Waals surface area (Å²) < 4.78 is 0. The van der Waals surface area contributed by atoms with Crippen molar-refractivity contribution in [2.75, 3.05) is 0 Å². The van der Waals surface area contributed by atoms with Crippen LogP contribution in [0.2, 0.25) is 0 Å². The Balaban J connectivity index is 3.13. The molecule has 0 spiro atoms. The average Bonchev–Trinajstić information content (AvgIpc) is 2.03. The number of hydrogen-bond donors (Lipinski definition) is 2. The summed E-state index contributed by atoms with van der Waals surface area (Å²) in [5.41, 5.74) is 7.00. The average molecular weight is 181 g/mol. The van der Waals surface area contributed by atoms with Crippen LogP contribution in [0.25, 0.3) is 0 Å². The zero-order chi connectivity index (χ0) is 10.0. The highest BCUT2D eigenvalue weighted by molar-refractivity contribution is 5.83. The standard InChI is InChI=1S/C8H11N3O2/c1-4(9)6-3-10-7(8(12)13)11-5(6)2/h3-4H,9H2,1-2H3,(H,12,13). The number of nitrogens with two attached hydrogens (primary N) is 1. The quantitative estimate of drug-likeness (QED) is 0.693. The van der Waals surface area contributed by atoms with Crippen LogP contribution < -0.4 is 5.73 Å². The van der Waals surface area contributed by atoms with E-state index in [0.717, 1.165) is 5.56 Å².